The van der Waals surface area contributed by atoms with Crippen molar-refractivity contribution in [3.63, 3.8) is 0 Å². The van der Waals surface area contributed by atoms with E-state index in [1.165, 1.54) is 36.9 Å². The average Bonchev–Trinajstić information content (AvgIpc) is 2.47. The second-order valence-corrected chi connectivity index (χ2v) is 4.24. The molecular formula is C13H8N4O4. The molecule has 0 fully saturated rings. The minimum Gasteiger partial charge on any atom is -0.448 e. The monoisotopic (exact) mass is 284 g/mol. The maximum absolute atomic E-state index is 12.1. The van der Waals surface area contributed by atoms with E-state index in [0.29, 0.717) is 5.56 Å². The molecule has 0 amide bonds. The van der Waals surface area contributed by atoms with Crippen molar-refractivity contribution in [2.24, 2.45) is 0 Å². The first-order chi connectivity index (χ1) is 10.1. The summed E-state index contributed by atoms with van der Waals surface area (Å²) in [7, 11) is 0. The van der Waals surface area contributed by atoms with Crippen LogP contribution in [0.1, 0.15) is 0 Å². The van der Waals surface area contributed by atoms with Gasteiger partial charge >= 0.3 is 5.69 Å². The number of nitrogens with zero attached hydrogens (tertiary/aromatic N) is 3. The number of hydrogen-bond donors (Lipinski definition) is 1. The fourth-order valence-corrected chi connectivity index (χ4v) is 1.98. The van der Waals surface area contributed by atoms with Gasteiger partial charge in [0.2, 0.25) is 5.58 Å². The molecule has 0 radical (unpaired) electrons. The zero-order chi connectivity index (χ0) is 15.0. The Balaban J connectivity index is 2.40. The van der Waals surface area contributed by atoms with E-state index in [2.05, 4.69) is 9.97 Å². The molecule has 0 aliphatic heterocycles. The highest BCUT2D eigenvalue weighted by Crippen LogP contribution is 2.32. The Hall–Kier alpha value is -3.29. The van der Waals surface area contributed by atoms with E-state index in [-0.39, 0.29) is 22.4 Å². The lowest BCUT2D eigenvalue weighted by atomic mass is 10.1. The highest BCUT2D eigenvalue weighted by molar-refractivity contribution is 5.91. The molecule has 2 heterocycles. The van der Waals surface area contributed by atoms with Crippen molar-refractivity contribution < 1.29 is 9.34 Å². The molecule has 0 bridgehead atoms. The number of hydrogen-bond acceptors (Lipinski definition) is 7. The lowest BCUT2D eigenvalue weighted by Crippen LogP contribution is -2.04. The van der Waals surface area contributed by atoms with Crippen LogP contribution in [0, 0.1) is 10.1 Å². The lowest BCUT2D eigenvalue weighted by molar-refractivity contribution is -0.382. The van der Waals surface area contributed by atoms with E-state index >= 15 is 0 Å². The normalized spacial score (nSPS) is 10.7. The average molecular weight is 284 g/mol. The number of benzene rings is 1. The number of nitrogens with two attached hydrogens (primary N) is 1. The van der Waals surface area contributed by atoms with Crippen LogP contribution in [0.2, 0.25) is 0 Å². The van der Waals surface area contributed by atoms with Gasteiger partial charge in [0.25, 0.3) is 0 Å². The van der Waals surface area contributed by atoms with Crippen molar-refractivity contribution in [3.8, 4) is 11.3 Å². The lowest BCUT2D eigenvalue weighted by Gasteiger charge is -2.04. The van der Waals surface area contributed by atoms with Gasteiger partial charge in [0.1, 0.15) is 17.8 Å². The molecule has 2 N–H and O–H groups in total. The molecule has 0 saturated heterocycles. The highest BCUT2D eigenvalue weighted by atomic mass is 16.6. The van der Waals surface area contributed by atoms with Gasteiger partial charge in [0, 0.05) is 18.5 Å². The van der Waals surface area contributed by atoms with Crippen molar-refractivity contribution in [1.82, 2.24) is 9.97 Å². The molecule has 0 spiro atoms. The van der Waals surface area contributed by atoms with Crippen molar-refractivity contribution in [2.75, 3.05) is 5.73 Å². The highest BCUT2D eigenvalue weighted by Gasteiger charge is 2.21. The summed E-state index contributed by atoms with van der Waals surface area (Å²) in [5.74, 6) is 0.141. The molecule has 0 aliphatic rings. The fourth-order valence-electron chi connectivity index (χ4n) is 1.98. The van der Waals surface area contributed by atoms with Gasteiger partial charge in [0.15, 0.2) is 5.43 Å². The molecule has 0 unspecified atom stereocenters. The molecule has 8 heteroatoms. The third kappa shape index (κ3) is 2.08. The maximum atomic E-state index is 12.1. The van der Waals surface area contributed by atoms with Gasteiger partial charge in [-0.2, -0.15) is 0 Å². The number of anilines is 1. The van der Waals surface area contributed by atoms with E-state index in [9.17, 15) is 14.9 Å². The summed E-state index contributed by atoms with van der Waals surface area (Å²) in [5.41, 5.74) is 4.97. The molecule has 0 saturated carbocycles. The van der Waals surface area contributed by atoms with Gasteiger partial charge in [0.05, 0.1) is 15.9 Å². The van der Waals surface area contributed by atoms with Crippen LogP contribution in [0.5, 0.6) is 0 Å². The summed E-state index contributed by atoms with van der Waals surface area (Å²) in [6, 6.07) is 3.94. The van der Waals surface area contributed by atoms with Gasteiger partial charge in [-0.05, 0) is 12.1 Å². The fraction of sp³-hybridized carbons (Fsp3) is 0. The second kappa shape index (κ2) is 4.67. The Morgan fingerprint density at radius 2 is 1.95 bits per heavy atom. The SMILES string of the molecule is Nc1ccc2c(=O)cc(-c3cncnc3)oc2c1[N+](=O)[O-]. The Morgan fingerprint density at radius 3 is 2.62 bits per heavy atom. The van der Waals surface area contributed by atoms with Crippen LogP contribution < -0.4 is 11.2 Å². The number of nitro benzene ring substituents is 1. The first-order valence-electron chi connectivity index (χ1n) is 5.84. The zero-order valence-electron chi connectivity index (χ0n) is 10.5. The Morgan fingerprint density at radius 1 is 1.24 bits per heavy atom. The minimum absolute atomic E-state index is 0.0721. The third-order valence-corrected chi connectivity index (χ3v) is 2.93. The predicted molar refractivity (Wildman–Crippen MR) is 74.6 cm³/mol. The molecule has 2 aromatic heterocycles. The van der Waals surface area contributed by atoms with Crippen molar-refractivity contribution in [3.05, 3.63) is 57.3 Å². The summed E-state index contributed by atoms with van der Waals surface area (Å²) >= 11 is 0. The quantitative estimate of drug-likeness (QED) is 0.431. The van der Waals surface area contributed by atoms with Gasteiger partial charge in [-0.3, -0.25) is 14.9 Å². The Labute approximate surface area is 117 Å². The standard InChI is InChI=1S/C13H8N4O4/c14-9-2-1-8-10(18)3-11(7-4-15-6-16-5-7)21-13(8)12(9)17(19)20/h1-6H,14H2. The van der Waals surface area contributed by atoms with Gasteiger partial charge in [-0.25, -0.2) is 9.97 Å². The largest absolute Gasteiger partial charge is 0.448 e. The van der Waals surface area contributed by atoms with Gasteiger partial charge in [-0.15, -0.1) is 0 Å². The number of nitrogen functional groups attached to an aromatic ring is 1. The van der Waals surface area contributed by atoms with E-state index < -0.39 is 16.0 Å². The number of rotatable bonds is 2. The zero-order valence-corrected chi connectivity index (χ0v) is 10.5. The predicted octanol–water partition coefficient (Wildman–Crippen LogP) is 1.74. The summed E-state index contributed by atoms with van der Waals surface area (Å²) in [5, 5.41) is 11.2. The molecule has 104 valence electrons. The van der Waals surface area contributed by atoms with E-state index in [1.54, 1.807) is 0 Å². The van der Waals surface area contributed by atoms with Crippen molar-refractivity contribution in [1.29, 1.82) is 0 Å². The van der Waals surface area contributed by atoms with E-state index in [1.807, 2.05) is 0 Å². The summed E-state index contributed by atoms with van der Waals surface area (Å²) < 4.78 is 5.50. The minimum atomic E-state index is -0.675. The van der Waals surface area contributed by atoms with Crippen molar-refractivity contribution in [2.45, 2.75) is 0 Å². The van der Waals surface area contributed by atoms with E-state index in [0.717, 1.165) is 0 Å². The van der Waals surface area contributed by atoms with Crippen LogP contribution in [-0.2, 0) is 0 Å². The van der Waals surface area contributed by atoms with Crippen LogP contribution >= 0.6 is 0 Å². The topological polar surface area (TPSA) is 125 Å². The summed E-state index contributed by atoms with van der Waals surface area (Å²) in [6.45, 7) is 0. The van der Waals surface area contributed by atoms with Crippen LogP contribution in [0.15, 0.2) is 46.1 Å². The number of fused-ring (bicyclic) bond motifs is 1. The van der Waals surface area contributed by atoms with E-state index in [4.69, 9.17) is 10.2 Å². The second-order valence-electron chi connectivity index (χ2n) is 4.24. The molecule has 21 heavy (non-hydrogen) atoms. The summed E-state index contributed by atoms with van der Waals surface area (Å²) in [4.78, 5) is 30.2. The molecule has 3 rings (SSSR count). The summed E-state index contributed by atoms with van der Waals surface area (Å²) in [6.07, 6.45) is 4.20. The Kier molecular flexibility index (Phi) is 2.83. The van der Waals surface area contributed by atoms with Crippen LogP contribution in [0.25, 0.3) is 22.3 Å². The molecule has 0 atom stereocenters. The molecule has 0 aliphatic carbocycles. The molecule has 8 nitrogen and oxygen atoms in total. The van der Waals surface area contributed by atoms with Crippen LogP contribution in [0.3, 0.4) is 0 Å². The first-order valence-corrected chi connectivity index (χ1v) is 5.84. The third-order valence-electron chi connectivity index (χ3n) is 2.93. The van der Waals surface area contributed by atoms with Crippen molar-refractivity contribution >= 4 is 22.3 Å². The Bertz CT molecular complexity index is 905. The van der Waals surface area contributed by atoms with Gasteiger partial charge < -0.3 is 10.2 Å². The van der Waals surface area contributed by atoms with Gasteiger partial charge in [-0.1, -0.05) is 0 Å². The molecular weight excluding hydrogens is 276 g/mol. The number of nitro groups is 1. The molecule has 1 aromatic carbocycles. The molecule has 3 aromatic rings. The smallest absolute Gasteiger partial charge is 0.334 e. The van der Waals surface area contributed by atoms with Crippen LogP contribution in [-0.4, -0.2) is 14.9 Å². The first kappa shape index (κ1) is 12.7. The number of aromatic nitrogens is 2. The van der Waals surface area contributed by atoms with Crippen LogP contribution in [0.4, 0.5) is 11.4 Å². The maximum Gasteiger partial charge on any atom is 0.334 e.